The van der Waals surface area contributed by atoms with Gasteiger partial charge in [0.25, 0.3) is 0 Å². The second-order valence-corrected chi connectivity index (χ2v) is 4.26. The van der Waals surface area contributed by atoms with E-state index in [1.807, 2.05) is 0 Å². The zero-order valence-corrected chi connectivity index (χ0v) is 10.2. The Morgan fingerprint density at radius 2 is 1.94 bits per heavy atom. The molecule has 4 nitrogen and oxygen atoms in total. The van der Waals surface area contributed by atoms with Gasteiger partial charge in [0.15, 0.2) is 11.6 Å². The first kappa shape index (κ1) is 12.8. The molecular formula is C13H17FN2O2. The van der Waals surface area contributed by atoms with E-state index in [2.05, 4.69) is 4.90 Å². The summed E-state index contributed by atoms with van der Waals surface area (Å²) in [6.07, 6.45) is 0.882. The molecule has 1 heterocycles. The molecular weight excluding hydrogens is 235 g/mol. The van der Waals surface area contributed by atoms with Gasteiger partial charge in [0.1, 0.15) is 6.61 Å². The summed E-state index contributed by atoms with van der Waals surface area (Å²) < 4.78 is 18.7. The number of ether oxygens (including phenoxy) is 1. The summed E-state index contributed by atoms with van der Waals surface area (Å²) in [5.41, 5.74) is 0. The SMILES string of the molecule is O=CN1CCN(CCOc2ccccc2F)CC1. The first-order valence-corrected chi connectivity index (χ1v) is 6.08. The molecule has 1 aromatic rings. The van der Waals surface area contributed by atoms with E-state index in [9.17, 15) is 9.18 Å². The molecule has 0 unspecified atom stereocenters. The van der Waals surface area contributed by atoms with Crippen LogP contribution < -0.4 is 4.74 Å². The molecule has 0 N–H and O–H groups in total. The molecule has 5 heteroatoms. The smallest absolute Gasteiger partial charge is 0.209 e. The maximum atomic E-state index is 13.3. The van der Waals surface area contributed by atoms with Crippen molar-refractivity contribution in [1.82, 2.24) is 9.80 Å². The Balaban J connectivity index is 1.70. The van der Waals surface area contributed by atoms with Crippen LogP contribution in [0.1, 0.15) is 0 Å². The van der Waals surface area contributed by atoms with Crippen molar-refractivity contribution in [2.75, 3.05) is 39.3 Å². The van der Waals surface area contributed by atoms with Crippen LogP contribution in [0.4, 0.5) is 4.39 Å². The van der Waals surface area contributed by atoms with E-state index in [1.165, 1.54) is 6.07 Å². The van der Waals surface area contributed by atoms with E-state index in [-0.39, 0.29) is 5.82 Å². The number of hydrogen-bond donors (Lipinski definition) is 0. The van der Waals surface area contributed by atoms with Gasteiger partial charge in [-0.2, -0.15) is 0 Å². The molecule has 1 saturated heterocycles. The highest BCUT2D eigenvalue weighted by Crippen LogP contribution is 2.15. The standard InChI is InChI=1S/C13H17FN2O2/c14-12-3-1-2-4-13(12)18-10-9-15-5-7-16(11-17)8-6-15/h1-4,11H,5-10H2. The summed E-state index contributed by atoms with van der Waals surface area (Å²) in [5.74, 6) is -0.0349. The second kappa shape index (κ2) is 6.35. The van der Waals surface area contributed by atoms with Crippen LogP contribution in [0.2, 0.25) is 0 Å². The van der Waals surface area contributed by atoms with Crippen LogP contribution in [0.15, 0.2) is 24.3 Å². The molecule has 1 aliphatic heterocycles. The van der Waals surface area contributed by atoms with Gasteiger partial charge in [0, 0.05) is 32.7 Å². The van der Waals surface area contributed by atoms with Crippen LogP contribution in [0.5, 0.6) is 5.75 Å². The van der Waals surface area contributed by atoms with Gasteiger partial charge in [-0.15, -0.1) is 0 Å². The van der Waals surface area contributed by atoms with Crippen molar-refractivity contribution in [1.29, 1.82) is 0 Å². The van der Waals surface area contributed by atoms with Crippen LogP contribution >= 0.6 is 0 Å². The van der Waals surface area contributed by atoms with Crippen LogP contribution in [-0.2, 0) is 4.79 Å². The van der Waals surface area contributed by atoms with Crippen LogP contribution in [0, 0.1) is 5.82 Å². The van der Waals surface area contributed by atoms with Crippen molar-refractivity contribution in [3.8, 4) is 5.75 Å². The van der Waals surface area contributed by atoms with E-state index in [4.69, 9.17) is 4.74 Å². The molecule has 1 fully saturated rings. The minimum absolute atomic E-state index is 0.295. The Morgan fingerprint density at radius 3 is 2.61 bits per heavy atom. The lowest BCUT2D eigenvalue weighted by Crippen LogP contribution is -2.46. The molecule has 98 valence electrons. The topological polar surface area (TPSA) is 32.8 Å². The molecule has 18 heavy (non-hydrogen) atoms. The lowest BCUT2D eigenvalue weighted by atomic mass is 10.3. The highest BCUT2D eigenvalue weighted by Gasteiger charge is 2.14. The lowest BCUT2D eigenvalue weighted by molar-refractivity contribution is -0.119. The molecule has 0 spiro atoms. The summed E-state index contributed by atoms with van der Waals surface area (Å²) in [6, 6.07) is 6.40. The number of nitrogens with zero attached hydrogens (tertiary/aromatic N) is 2. The number of hydrogen-bond acceptors (Lipinski definition) is 3. The largest absolute Gasteiger partial charge is 0.489 e. The second-order valence-electron chi connectivity index (χ2n) is 4.26. The molecule has 0 radical (unpaired) electrons. The van der Waals surface area contributed by atoms with Gasteiger partial charge >= 0.3 is 0 Å². The van der Waals surface area contributed by atoms with E-state index in [0.717, 1.165) is 39.1 Å². The van der Waals surface area contributed by atoms with Gasteiger partial charge in [-0.05, 0) is 12.1 Å². The Hall–Kier alpha value is -1.62. The lowest BCUT2D eigenvalue weighted by Gasteiger charge is -2.32. The minimum atomic E-state index is -0.330. The Labute approximate surface area is 106 Å². The molecule has 0 aliphatic carbocycles. The normalized spacial score (nSPS) is 16.6. The van der Waals surface area contributed by atoms with Crippen molar-refractivity contribution < 1.29 is 13.9 Å². The molecule has 0 saturated carbocycles. The summed E-state index contributed by atoms with van der Waals surface area (Å²) in [7, 11) is 0. The number of halogens is 1. The van der Waals surface area contributed by atoms with Gasteiger partial charge in [0.05, 0.1) is 0 Å². The van der Waals surface area contributed by atoms with E-state index in [1.54, 1.807) is 23.1 Å². The number of amides is 1. The summed E-state index contributed by atoms with van der Waals surface area (Å²) in [5, 5.41) is 0. The number of benzene rings is 1. The van der Waals surface area contributed by atoms with Crippen LogP contribution in [0.3, 0.4) is 0 Å². The molecule has 0 bridgehead atoms. The van der Waals surface area contributed by atoms with Crippen molar-refractivity contribution in [3.05, 3.63) is 30.1 Å². The predicted molar refractivity (Wildman–Crippen MR) is 66.0 cm³/mol. The highest BCUT2D eigenvalue weighted by atomic mass is 19.1. The number of carbonyl (C=O) groups is 1. The molecule has 1 amide bonds. The minimum Gasteiger partial charge on any atom is -0.489 e. The third kappa shape index (κ3) is 3.43. The molecule has 0 atom stereocenters. The zero-order chi connectivity index (χ0) is 12.8. The van der Waals surface area contributed by atoms with E-state index in [0.29, 0.717) is 12.4 Å². The number of piperazine rings is 1. The monoisotopic (exact) mass is 252 g/mol. The molecule has 2 rings (SSSR count). The average molecular weight is 252 g/mol. The van der Waals surface area contributed by atoms with Gasteiger partial charge in [-0.3, -0.25) is 9.69 Å². The zero-order valence-electron chi connectivity index (χ0n) is 10.2. The van der Waals surface area contributed by atoms with E-state index < -0.39 is 0 Å². The Morgan fingerprint density at radius 1 is 1.22 bits per heavy atom. The third-order valence-electron chi connectivity index (χ3n) is 3.06. The summed E-state index contributed by atoms with van der Waals surface area (Å²) in [4.78, 5) is 14.5. The van der Waals surface area contributed by atoms with Gasteiger partial charge in [-0.25, -0.2) is 4.39 Å². The number of rotatable bonds is 5. The van der Waals surface area contributed by atoms with E-state index >= 15 is 0 Å². The molecule has 1 aliphatic rings. The predicted octanol–water partition coefficient (Wildman–Crippen LogP) is 0.978. The van der Waals surface area contributed by atoms with Crippen LogP contribution in [0.25, 0.3) is 0 Å². The maximum absolute atomic E-state index is 13.3. The van der Waals surface area contributed by atoms with Crippen LogP contribution in [-0.4, -0.2) is 55.5 Å². The maximum Gasteiger partial charge on any atom is 0.209 e. The van der Waals surface area contributed by atoms with Crippen molar-refractivity contribution in [2.45, 2.75) is 0 Å². The highest BCUT2D eigenvalue weighted by molar-refractivity contribution is 5.47. The van der Waals surface area contributed by atoms with Crippen molar-refractivity contribution in [3.63, 3.8) is 0 Å². The fraction of sp³-hybridized carbons (Fsp3) is 0.462. The fourth-order valence-electron chi connectivity index (χ4n) is 1.94. The van der Waals surface area contributed by atoms with Gasteiger partial charge < -0.3 is 9.64 Å². The number of para-hydroxylation sites is 1. The summed E-state index contributed by atoms with van der Waals surface area (Å²) >= 11 is 0. The third-order valence-corrected chi connectivity index (χ3v) is 3.06. The molecule has 1 aromatic carbocycles. The summed E-state index contributed by atoms with van der Waals surface area (Å²) in [6.45, 7) is 4.41. The fourth-order valence-corrected chi connectivity index (χ4v) is 1.94. The van der Waals surface area contributed by atoms with Crippen molar-refractivity contribution in [2.24, 2.45) is 0 Å². The molecule has 0 aromatic heterocycles. The quantitative estimate of drug-likeness (QED) is 0.732. The van der Waals surface area contributed by atoms with Gasteiger partial charge in [-0.1, -0.05) is 12.1 Å². The first-order chi connectivity index (χ1) is 8.79. The van der Waals surface area contributed by atoms with Gasteiger partial charge in [0.2, 0.25) is 6.41 Å². The Kier molecular flexibility index (Phi) is 4.52. The average Bonchev–Trinajstić information content (AvgIpc) is 2.42. The van der Waals surface area contributed by atoms with Crippen molar-refractivity contribution >= 4 is 6.41 Å². The first-order valence-electron chi connectivity index (χ1n) is 6.08. The Bertz CT molecular complexity index is 392. The number of carbonyl (C=O) groups excluding carboxylic acids is 1.